The zero-order chi connectivity index (χ0) is 38.5. The van der Waals surface area contributed by atoms with Crippen LogP contribution in [0.4, 0.5) is 0 Å². The summed E-state index contributed by atoms with van der Waals surface area (Å²) in [5.41, 5.74) is -5.11. The molecule has 0 radical (unpaired) electrons. The molecular formula is C38H38O14. The SMILES string of the molecule is CC(=O)OC(C)C1c2c(c(O)c3c(O)c(-c4ccc5c(O)c6c(c(O)c5c4O)C(=O)CC(C)(O)C6C(C)OC(C)=O)ccc3c2O)C(=O)CC1(C)O. The maximum atomic E-state index is 13.4. The molecule has 2 aliphatic carbocycles. The summed E-state index contributed by atoms with van der Waals surface area (Å²) in [6.45, 7) is 7.91. The van der Waals surface area contributed by atoms with E-state index in [0.717, 1.165) is 13.8 Å². The Labute approximate surface area is 296 Å². The minimum atomic E-state index is -1.81. The van der Waals surface area contributed by atoms with E-state index in [-0.39, 0.29) is 43.8 Å². The number of carbonyl (C=O) groups excluding carboxylic acids is 4. The highest BCUT2D eigenvalue weighted by molar-refractivity contribution is 6.15. The van der Waals surface area contributed by atoms with Gasteiger partial charge in [0.15, 0.2) is 11.6 Å². The lowest BCUT2D eigenvalue weighted by molar-refractivity contribution is -0.151. The van der Waals surface area contributed by atoms with Gasteiger partial charge in [0, 0.05) is 59.7 Å². The average Bonchev–Trinajstić information content (AvgIpc) is 3.00. The number of ketones is 2. The van der Waals surface area contributed by atoms with E-state index in [1.165, 1.54) is 52.0 Å². The molecule has 6 unspecified atom stereocenters. The lowest BCUT2D eigenvalue weighted by Gasteiger charge is -2.41. The van der Waals surface area contributed by atoms with E-state index in [1.807, 2.05) is 0 Å². The number of ether oxygens (including phenoxy) is 2. The number of phenols is 6. The third kappa shape index (κ3) is 5.23. The molecule has 8 N–H and O–H groups in total. The fourth-order valence-electron chi connectivity index (χ4n) is 8.50. The monoisotopic (exact) mass is 718 g/mol. The minimum absolute atomic E-state index is 0.150. The molecule has 6 atom stereocenters. The van der Waals surface area contributed by atoms with Crippen LogP contribution >= 0.6 is 0 Å². The Balaban J connectivity index is 1.59. The summed E-state index contributed by atoms with van der Waals surface area (Å²) in [5.74, 6) is -9.31. The van der Waals surface area contributed by atoms with Gasteiger partial charge in [0.05, 0.1) is 44.9 Å². The van der Waals surface area contributed by atoms with Gasteiger partial charge in [-0.1, -0.05) is 0 Å². The van der Waals surface area contributed by atoms with Crippen LogP contribution in [-0.2, 0) is 19.1 Å². The summed E-state index contributed by atoms with van der Waals surface area (Å²) in [6, 6.07) is 5.10. The fraction of sp³-hybridized carbons (Fsp3) is 0.368. The molecular weight excluding hydrogens is 680 g/mol. The molecule has 0 amide bonds. The molecule has 6 rings (SSSR count). The van der Waals surface area contributed by atoms with E-state index >= 15 is 0 Å². The largest absolute Gasteiger partial charge is 0.507 e. The van der Waals surface area contributed by atoms with Crippen molar-refractivity contribution in [1.29, 1.82) is 0 Å². The van der Waals surface area contributed by atoms with Crippen LogP contribution in [0, 0.1) is 0 Å². The number of rotatable bonds is 5. The number of aromatic hydroxyl groups is 6. The Morgan fingerprint density at radius 1 is 0.615 bits per heavy atom. The van der Waals surface area contributed by atoms with Crippen LogP contribution in [0.15, 0.2) is 24.3 Å². The van der Waals surface area contributed by atoms with Gasteiger partial charge >= 0.3 is 11.9 Å². The van der Waals surface area contributed by atoms with Crippen molar-refractivity contribution in [1.82, 2.24) is 0 Å². The first kappa shape index (κ1) is 36.2. The average molecular weight is 719 g/mol. The van der Waals surface area contributed by atoms with Crippen molar-refractivity contribution >= 4 is 45.0 Å². The highest BCUT2D eigenvalue weighted by Gasteiger charge is 2.51. The molecule has 4 aromatic rings. The van der Waals surface area contributed by atoms with Crippen LogP contribution < -0.4 is 0 Å². The van der Waals surface area contributed by atoms with Crippen molar-refractivity contribution in [2.75, 3.05) is 0 Å². The Morgan fingerprint density at radius 3 is 1.25 bits per heavy atom. The minimum Gasteiger partial charge on any atom is -0.507 e. The van der Waals surface area contributed by atoms with Crippen molar-refractivity contribution in [2.45, 2.75) is 89.6 Å². The topological polar surface area (TPSA) is 249 Å². The van der Waals surface area contributed by atoms with E-state index in [1.54, 1.807) is 0 Å². The van der Waals surface area contributed by atoms with Crippen LogP contribution in [0.1, 0.15) is 98.1 Å². The first-order valence-corrected chi connectivity index (χ1v) is 16.4. The van der Waals surface area contributed by atoms with Gasteiger partial charge in [-0.15, -0.1) is 0 Å². The molecule has 2 aliphatic rings. The van der Waals surface area contributed by atoms with Crippen LogP contribution in [0.5, 0.6) is 34.5 Å². The van der Waals surface area contributed by atoms with E-state index < -0.39 is 117 Å². The number of phenolic OH excluding ortho intramolecular Hbond substituents is 6. The van der Waals surface area contributed by atoms with Crippen molar-refractivity contribution in [2.24, 2.45) is 0 Å². The standard InChI is InChI=1S/C38H38O14/c1-13(51-15(3)39)29-27-25(21(41)11-37(29,5)49)35(47)23-19(33(27)45)9-7-17(31(23)43)18-8-10-20-24(32(18)44)36(48)26-22(42)12-38(6,50)30(28(26)34(20)46)14(2)52-16(4)40/h7-10,13-14,29-30,43-50H,11-12H2,1-6H3. The molecule has 0 aliphatic heterocycles. The van der Waals surface area contributed by atoms with Crippen LogP contribution in [0.25, 0.3) is 32.7 Å². The number of esters is 2. The van der Waals surface area contributed by atoms with Crippen molar-refractivity contribution in [3.63, 3.8) is 0 Å². The normalized spacial score (nSPS) is 23.9. The second-order valence-electron chi connectivity index (χ2n) is 14.2. The molecule has 0 heterocycles. The number of Topliss-reactive ketones (excluding diaryl/α,β-unsaturated/α-hetero) is 2. The van der Waals surface area contributed by atoms with Gasteiger partial charge in [-0.25, -0.2) is 0 Å². The van der Waals surface area contributed by atoms with Crippen molar-refractivity contribution in [3.8, 4) is 45.6 Å². The lowest BCUT2D eigenvalue weighted by atomic mass is 9.68. The summed E-state index contributed by atoms with van der Waals surface area (Å²) in [7, 11) is 0. The fourth-order valence-corrected chi connectivity index (χ4v) is 8.50. The second-order valence-corrected chi connectivity index (χ2v) is 14.2. The predicted octanol–water partition coefficient (Wildman–Crippen LogP) is 4.64. The zero-order valence-corrected chi connectivity index (χ0v) is 29.1. The van der Waals surface area contributed by atoms with Gasteiger partial charge in [-0.05, 0) is 52.0 Å². The molecule has 14 nitrogen and oxygen atoms in total. The summed E-state index contributed by atoms with van der Waals surface area (Å²) >= 11 is 0. The predicted molar refractivity (Wildman–Crippen MR) is 184 cm³/mol. The molecule has 0 spiro atoms. The number of carbonyl (C=O) groups is 4. The first-order valence-electron chi connectivity index (χ1n) is 16.4. The highest BCUT2D eigenvalue weighted by atomic mass is 16.5. The molecule has 0 saturated heterocycles. The third-order valence-corrected chi connectivity index (χ3v) is 10.4. The van der Waals surface area contributed by atoms with E-state index in [0.29, 0.717) is 0 Å². The van der Waals surface area contributed by atoms with Gasteiger partial charge in [0.2, 0.25) is 0 Å². The third-order valence-electron chi connectivity index (χ3n) is 10.4. The van der Waals surface area contributed by atoms with Crippen molar-refractivity contribution in [3.05, 3.63) is 46.5 Å². The Morgan fingerprint density at radius 2 is 0.942 bits per heavy atom. The Kier molecular flexibility index (Phi) is 8.35. The summed E-state index contributed by atoms with van der Waals surface area (Å²) in [5, 5.41) is 90.8. The van der Waals surface area contributed by atoms with Crippen LogP contribution in [0.2, 0.25) is 0 Å². The smallest absolute Gasteiger partial charge is 0.302 e. The van der Waals surface area contributed by atoms with Gasteiger partial charge in [-0.2, -0.15) is 0 Å². The molecule has 0 bridgehead atoms. The summed E-state index contributed by atoms with van der Waals surface area (Å²) in [6.07, 6.45) is -3.17. The maximum Gasteiger partial charge on any atom is 0.302 e. The van der Waals surface area contributed by atoms with Gasteiger partial charge < -0.3 is 50.3 Å². The Hall–Kier alpha value is -5.60. The second kappa shape index (κ2) is 12.0. The van der Waals surface area contributed by atoms with Gasteiger partial charge in [-0.3, -0.25) is 19.2 Å². The number of fused-ring (bicyclic) bond motifs is 4. The van der Waals surface area contributed by atoms with E-state index in [9.17, 15) is 60.0 Å². The highest BCUT2D eigenvalue weighted by Crippen LogP contribution is 2.58. The Bertz CT molecular complexity index is 2110. The zero-order valence-electron chi connectivity index (χ0n) is 29.1. The lowest BCUT2D eigenvalue weighted by Crippen LogP contribution is -2.46. The number of benzene rings is 4. The quantitative estimate of drug-likeness (QED) is 0.103. The van der Waals surface area contributed by atoms with Gasteiger partial charge in [0.1, 0.15) is 46.7 Å². The van der Waals surface area contributed by atoms with Crippen LogP contribution in [-0.4, -0.2) is 87.8 Å². The molecule has 0 aromatic heterocycles. The molecule has 0 saturated carbocycles. The van der Waals surface area contributed by atoms with Gasteiger partial charge in [0.25, 0.3) is 0 Å². The van der Waals surface area contributed by atoms with E-state index in [4.69, 9.17) is 9.47 Å². The number of hydrogen-bond donors (Lipinski definition) is 8. The molecule has 52 heavy (non-hydrogen) atoms. The first-order chi connectivity index (χ1) is 24.1. The summed E-state index contributed by atoms with van der Waals surface area (Å²) < 4.78 is 10.6. The van der Waals surface area contributed by atoms with Crippen molar-refractivity contribution < 1.29 is 69.5 Å². The molecule has 0 fully saturated rings. The molecule has 274 valence electrons. The van der Waals surface area contributed by atoms with Crippen LogP contribution in [0.3, 0.4) is 0 Å². The number of aliphatic hydroxyl groups is 2. The van der Waals surface area contributed by atoms with E-state index in [2.05, 4.69) is 0 Å². The number of hydrogen-bond acceptors (Lipinski definition) is 14. The maximum absolute atomic E-state index is 13.4. The molecule has 14 heteroatoms. The summed E-state index contributed by atoms with van der Waals surface area (Å²) in [4.78, 5) is 50.3. The molecule has 4 aromatic carbocycles.